The third kappa shape index (κ3) is 3.80. The van der Waals surface area contributed by atoms with Gasteiger partial charge in [-0.2, -0.15) is 0 Å². The van der Waals surface area contributed by atoms with Crippen molar-refractivity contribution < 1.29 is 9.47 Å². The number of aromatic nitrogens is 2. The van der Waals surface area contributed by atoms with Crippen LogP contribution in [0.15, 0.2) is 15.8 Å². The van der Waals surface area contributed by atoms with Gasteiger partial charge >= 0.3 is 5.69 Å². The highest BCUT2D eigenvalue weighted by Crippen LogP contribution is 1.95. The first kappa shape index (κ1) is 13.0. The Kier molecular flexibility index (Phi) is 5.24. The fourth-order valence-corrected chi connectivity index (χ4v) is 1.22. The summed E-state index contributed by atoms with van der Waals surface area (Å²) < 4.78 is 11.3. The molecule has 7 heteroatoms. The van der Waals surface area contributed by atoms with Gasteiger partial charge in [-0.25, -0.2) is 4.79 Å². The number of hydrogen-bond acceptors (Lipinski definition) is 4. The Hall–Kier alpha value is -1.11. The second kappa shape index (κ2) is 6.47. The lowest BCUT2D eigenvalue weighted by Crippen LogP contribution is -2.30. The smallest absolute Gasteiger partial charge is 0.328 e. The van der Waals surface area contributed by atoms with Crippen LogP contribution in [-0.2, 0) is 16.0 Å². The molecule has 0 fully saturated rings. The van der Waals surface area contributed by atoms with Crippen molar-refractivity contribution in [3.05, 3.63) is 32.1 Å². The van der Waals surface area contributed by atoms with Crippen molar-refractivity contribution >= 4 is 11.6 Å². The molecule has 0 aliphatic carbocycles. The highest BCUT2D eigenvalue weighted by molar-refractivity contribution is 6.30. The van der Waals surface area contributed by atoms with Crippen molar-refractivity contribution in [3.63, 3.8) is 0 Å². The minimum atomic E-state index is -0.580. The van der Waals surface area contributed by atoms with E-state index in [4.69, 9.17) is 21.1 Å². The van der Waals surface area contributed by atoms with Crippen LogP contribution >= 0.6 is 11.6 Å². The molecule has 0 aromatic carbocycles. The van der Waals surface area contributed by atoms with Crippen molar-refractivity contribution in [1.29, 1.82) is 0 Å². The first-order valence-electron chi connectivity index (χ1n) is 4.71. The second-order valence-corrected chi connectivity index (χ2v) is 3.44. The van der Waals surface area contributed by atoms with Gasteiger partial charge in [0.25, 0.3) is 5.56 Å². The predicted octanol–water partition coefficient (Wildman–Crippen LogP) is -0.147. The quantitative estimate of drug-likeness (QED) is 0.711. The molecule has 0 atom stereocenters. The van der Waals surface area contributed by atoms with Gasteiger partial charge in [-0.1, -0.05) is 11.6 Å². The molecule has 1 N–H and O–H groups in total. The highest BCUT2D eigenvalue weighted by atomic mass is 35.5. The Morgan fingerprint density at radius 2 is 2.12 bits per heavy atom. The summed E-state index contributed by atoms with van der Waals surface area (Å²) in [6, 6.07) is 0. The fraction of sp³-hybridized carbons (Fsp3) is 0.556. The number of halogens is 1. The molecule has 1 heterocycles. The van der Waals surface area contributed by atoms with Crippen LogP contribution in [-0.4, -0.2) is 36.5 Å². The van der Waals surface area contributed by atoms with Crippen LogP contribution in [0.1, 0.15) is 0 Å². The summed E-state index contributed by atoms with van der Waals surface area (Å²) in [5.74, 6) is 0. The van der Waals surface area contributed by atoms with Gasteiger partial charge in [0.1, 0.15) is 5.02 Å². The maximum atomic E-state index is 11.3. The van der Waals surface area contributed by atoms with E-state index >= 15 is 0 Å². The monoisotopic (exact) mass is 248 g/mol. The molecule has 0 radical (unpaired) electrons. The molecule has 0 bridgehead atoms. The van der Waals surface area contributed by atoms with E-state index < -0.39 is 11.2 Å². The zero-order chi connectivity index (χ0) is 12.0. The van der Waals surface area contributed by atoms with Crippen LogP contribution in [0.25, 0.3) is 0 Å². The van der Waals surface area contributed by atoms with E-state index in [0.29, 0.717) is 26.4 Å². The number of rotatable bonds is 6. The largest absolute Gasteiger partial charge is 0.382 e. The van der Waals surface area contributed by atoms with Gasteiger partial charge in [0, 0.05) is 13.3 Å². The minimum Gasteiger partial charge on any atom is -0.382 e. The molecular formula is C9H13ClN2O4. The third-order valence-electron chi connectivity index (χ3n) is 1.88. The van der Waals surface area contributed by atoms with Gasteiger partial charge in [0.15, 0.2) is 0 Å². The minimum absolute atomic E-state index is 0.0171. The van der Waals surface area contributed by atoms with Crippen LogP contribution in [0.3, 0.4) is 0 Å². The van der Waals surface area contributed by atoms with Crippen molar-refractivity contribution in [1.82, 2.24) is 9.55 Å². The van der Waals surface area contributed by atoms with Crippen molar-refractivity contribution in [2.75, 3.05) is 26.9 Å². The highest BCUT2D eigenvalue weighted by Gasteiger charge is 2.01. The lowest BCUT2D eigenvalue weighted by atomic mass is 10.6. The molecule has 0 aliphatic heterocycles. The van der Waals surface area contributed by atoms with Crippen molar-refractivity contribution in [2.45, 2.75) is 6.54 Å². The van der Waals surface area contributed by atoms with Crippen LogP contribution in [0.2, 0.25) is 5.02 Å². The van der Waals surface area contributed by atoms with E-state index in [1.165, 1.54) is 10.8 Å². The molecule has 1 aromatic heterocycles. The molecule has 1 rings (SSSR count). The van der Waals surface area contributed by atoms with Crippen molar-refractivity contribution in [2.24, 2.45) is 0 Å². The Morgan fingerprint density at radius 1 is 1.38 bits per heavy atom. The van der Waals surface area contributed by atoms with Gasteiger partial charge in [-0.05, 0) is 0 Å². The molecular weight excluding hydrogens is 236 g/mol. The number of hydrogen-bond donors (Lipinski definition) is 1. The topological polar surface area (TPSA) is 73.3 Å². The standard InChI is InChI=1S/C9H13ClN2O4/c1-15-4-5-16-3-2-12-6-7(10)8(13)11-9(12)14/h6H,2-5H2,1H3,(H,11,13,14). The molecule has 1 aromatic rings. The van der Waals surface area contributed by atoms with E-state index in [1.807, 2.05) is 0 Å². The number of methoxy groups -OCH3 is 1. The third-order valence-corrected chi connectivity index (χ3v) is 2.14. The summed E-state index contributed by atoms with van der Waals surface area (Å²) in [6.45, 7) is 1.65. The molecule has 0 amide bonds. The molecule has 90 valence electrons. The van der Waals surface area contributed by atoms with E-state index in [1.54, 1.807) is 7.11 Å². The summed E-state index contributed by atoms with van der Waals surface area (Å²) in [5, 5.41) is -0.0171. The Morgan fingerprint density at radius 3 is 2.81 bits per heavy atom. The predicted molar refractivity (Wildman–Crippen MR) is 59.0 cm³/mol. The molecule has 0 saturated carbocycles. The summed E-state index contributed by atoms with van der Waals surface area (Å²) in [5.41, 5.74) is -1.08. The van der Waals surface area contributed by atoms with Gasteiger partial charge < -0.3 is 9.47 Å². The van der Waals surface area contributed by atoms with E-state index in [-0.39, 0.29) is 5.02 Å². The number of nitrogens with one attached hydrogen (secondary N) is 1. The molecule has 6 nitrogen and oxygen atoms in total. The number of H-pyrrole nitrogens is 1. The first-order valence-corrected chi connectivity index (χ1v) is 5.09. The SMILES string of the molecule is COCCOCCn1cc(Cl)c(=O)[nH]c1=O. The normalized spacial score (nSPS) is 10.6. The zero-order valence-corrected chi connectivity index (χ0v) is 9.62. The first-order chi connectivity index (χ1) is 7.65. The summed E-state index contributed by atoms with van der Waals surface area (Å²) in [6.07, 6.45) is 1.29. The average Bonchev–Trinajstić information content (AvgIpc) is 2.25. The van der Waals surface area contributed by atoms with Gasteiger partial charge in [0.05, 0.1) is 26.4 Å². The molecule has 0 unspecified atom stereocenters. The molecule has 16 heavy (non-hydrogen) atoms. The Labute approximate surface area is 96.8 Å². The molecule has 0 saturated heterocycles. The van der Waals surface area contributed by atoms with E-state index in [0.717, 1.165) is 0 Å². The van der Waals surface area contributed by atoms with Crippen LogP contribution in [0.5, 0.6) is 0 Å². The maximum absolute atomic E-state index is 11.3. The maximum Gasteiger partial charge on any atom is 0.328 e. The summed E-state index contributed by atoms with van der Waals surface area (Å²) >= 11 is 5.58. The Bertz CT molecular complexity index is 440. The number of ether oxygens (including phenoxy) is 2. The van der Waals surface area contributed by atoms with Gasteiger partial charge in [0.2, 0.25) is 0 Å². The average molecular weight is 249 g/mol. The second-order valence-electron chi connectivity index (χ2n) is 3.03. The van der Waals surface area contributed by atoms with E-state index in [2.05, 4.69) is 4.98 Å². The Balaban J connectivity index is 2.51. The molecule has 0 spiro atoms. The zero-order valence-electron chi connectivity index (χ0n) is 8.86. The number of nitrogens with zero attached hydrogens (tertiary/aromatic N) is 1. The summed E-state index contributed by atoms with van der Waals surface area (Å²) in [7, 11) is 1.58. The van der Waals surface area contributed by atoms with E-state index in [9.17, 15) is 9.59 Å². The van der Waals surface area contributed by atoms with Crippen molar-refractivity contribution in [3.8, 4) is 0 Å². The van der Waals surface area contributed by atoms with Crippen LogP contribution < -0.4 is 11.2 Å². The van der Waals surface area contributed by atoms with Crippen LogP contribution in [0.4, 0.5) is 0 Å². The van der Waals surface area contributed by atoms with Gasteiger partial charge in [-0.3, -0.25) is 14.3 Å². The van der Waals surface area contributed by atoms with Crippen LogP contribution in [0, 0.1) is 0 Å². The summed E-state index contributed by atoms with van der Waals surface area (Å²) in [4.78, 5) is 24.3. The number of aromatic amines is 1. The van der Waals surface area contributed by atoms with Gasteiger partial charge in [-0.15, -0.1) is 0 Å². The lowest BCUT2D eigenvalue weighted by molar-refractivity contribution is 0.0661. The molecule has 0 aliphatic rings. The lowest BCUT2D eigenvalue weighted by Gasteiger charge is -2.06. The fourth-order valence-electron chi connectivity index (χ4n) is 1.06.